The van der Waals surface area contributed by atoms with E-state index in [9.17, 15) is 14.4 Å². The number of hydrogen-bond acceptors (Lipinski definition) is 6. The summed E-state index contributed by atoms with van der Waals surface area (Å²) in [6.07, 6.45) is 0. The van der Waals surface area contributed by atoms with E-state index >= 15 is 0 Å². The van der Waals surface area contributed by atoms with E-state index < -0.39 is 0 Å². The summed E-state index contributed by atoms with van der Waals surface area (Å²) in [6, 6.07) is 18.5. The molecule has 2 heterocycles. The van der Waals surface area contributed by atoms with Crippen molar-refractivity contribution in [2.45, 2.75) is 13.0 Å². The standard InChI is InChI=1S/C31H32Cl2N4O5/c1-20(38)34-24-8-6-21(7-9-24)22-4-3-5-23(14-22)28(17-36-10-12-41-13-11-36)35(2)30(39)18-37-27-15-25(32)26(33)16-29(27)42-19-31(37)40/h3-9,14-16,28H,10-13,17-19H2,1-2H3,(H,34,38). The summed E-state index contributed by atoms with van der Waals surface area (Å²) < 4.78 is 11.1. The minimum Gasteiger partial charge on any atom is -0.482 e. The fourth-order valence-corrected chi connectivity index (χ4v) is 5.46. The van der Waals surface area contributed by atoms with Gasteiger partial charge in [0, 0.05) is 45.4 Å². The third kappa shape index (κ3) is 6.87. The fourth-order valence-electron chi connectivity index (χ4n) is 5.14. The summed E-state index contributed by atoms with van der Waals surface area (Å²) in [6.45, 7) is 4.50. The number of rotatable bonds is 8. The van der Waals surface area contributed by atoms with Crippen molar-refractivity contribution in [3.63, 3.8) is 0 Å². The Morgan fingerprint density at radius 3 is 2.43 bits per heavy atom. The van der Waals surface area contributed by atoms with Crippen molar-refractivity contribution in [3.05, 3.63) is 76.3 Å². The second-order valence-electron chi connectivity index (χ2n) is 10.3. The summed E-state index contributed by atoms with van der Waals surface area (Å²) in [5, 5.41) is 3.36. The summed E-state index contributed by atoms with van der Waals surface area (Å²) in [4.78, 5) is 43.5. The predicted octanol–water partition coefficient (Wildman–Crippen LogP) is 4.88. The van der Waals surface area contributed by atoms with Gasteiger partial charge >= 0.3 is 0 Å². The molecule has 42 heavy (non-hydrogen) atoms. The van der Waals surface area contributed by atoms with Gasteiger partial charge in [0.2, 0.25) is 11.8 Å². The molecule has 0 radical (unpaired) electrons. The molecule has 0 saturated carbocycles. The topological polar surface area (TPSA) is 91.4 Å². The highest BCUT2D eigenvalue weighted by Gasteiger charge is 2.32. The van der Waals surface area contributed by atoms with Crippen LogP contribution in [0.3, 0.4) is 0 Å². The van der Waals surface area contributed by atoms with E-state index in [0.29, 0.717) is 36.2 Å². The molecule has 9 nitrogen and oxygen atoms in total. The van der Waals surface area contributed by atoms with Gasteiger partial charge in [0.25, 0.3) is 5.91 Å². The molecule has 1 N–H and O–H groups in total. The van der Waals surface area contributed by atoms with Gasteiger partial charge in [-0.05, 0) is 41.0 Å². The van der Waals surface area contributed by atoms with E-state index in [2.05, 4.69) is 16.3 Å². The van der Waals surface area contributed by atoms with Gasteiger partial charge in [-0.2, -0.15) is 0 Å². The number of amides is 3. The second kappa shape index (κ2) is 13.1. The van der Waals surface area contributed by atoms with Gasteiger partial charge < -0.3 is 19.7 Å². The zero-order valence-corrected chi connectivity index (χ0v) is 25.0. The van der Waals surface area contributed by atoms with Gasteiger partial charge in [-0.3, -0.25) is 24.2 Å². The molecular weight excluding hydrogens is 579 g/mol. The number of morpholine rings is 1. The third-order valence-corrected chi connectivity index (χ3v) is 8.17. The molecule has 1 unspecified atom stereocenters. The maximum atomic E-state index is 13.8. The molecule has 2 aliphatic heterocycles. The highest BCUT2D eigenvalue weighted by atomic mass is 35.5. The number of carbonyl (C=O) groups is 3. The SMILES string of the molecule is CC(=O)Nc1ccc(-c2cccc(C(CN3CCOCC3)N(C)C(=O)CN3C(=O)COc4cc(Cl)c(Cl)cc43)c2)cc1. The summed E-state index contributed by atoms with van der Waals surface area (Å²) in [7, 11) is 1.77. The van der Waals surface area contributed by atoms with Crippen LogP contribution in [0.25, 0.3) is 11.1 Å². The Morgan fingerprint density at radius 2 is 1.71 bits per heavy atom. The van der Waals surface area contributed by atoms with Gasteiger partial charge in [-0.1, -0.05) is 53.5 Å². The van der Waals surface area contributed by atoms with Crippen LogP contribution in [0.2, 0.25) is 10.0 Å². The Hall–Kier alpha value is -3.63. The zero-order chi connectivity index (χ0) is 29.8. The quantitative estimate of drug-likeness (QED) is 0.391. The lowest BCUT2D eigenvalue weighted by Gasteiger charge is -2.37. The largest absolute Gasteiger partial charge is 0.482 e. The Balaban J connectivity index is 1.41. The van der Waals surface area contributed by atoms with Crippen LogP contribution in [-0.4, -0.2) is 80.6 Å². The van der Waals surface area contributed by atoms with Crippen LogP contribution in [0.15, 0.2) is 60.7 Å². The first-order valence-corrected chi connectivity index (χ1v) is 14.4. The van der Waals surface area contributed by atoms with Crippen molar-refractivity contribution in [2.24, 2.45) is 0 Å². The molecule has 0 aliphatic carbocycles. The molecule has 2 aliphatic rings. The van der Waals surface area contributed by atoms with E-state index in [-0.39, 0.29) is 41.9 Å². The molecule has 5 rings (SSSR count). The van der Waals surface area contributed by atoms with Crippen LogP contribution in [0.4, 0.5) is 11.4 Å². The minimum absolute atomic E-state index is 0.127. The van der Waals surface area contributed by atoms with Crippen molar-refractivity contribution in [1.29, 1.82) is 0 Å². The smallest absolute Gasteiger partial charge is 0.265 e. The van der Waals surface area contributed by atoms with Gasteiger partial charge in [-0.25, -0.2) is 0 Å². The van der Waals surface area contributed by atoms with E-state index in [0.717, 1.165) is 35.5 Å². The number of likely N-dealkylation sites (N-methyl/N-ethyl adjacent to an activating group) is 1. The number of fused-ring (bicyclic) bond motifs is 1. The molecule has 3 aromatic carbocycles. The number of nitrogens with zero attached hydrogens (tertiary/aromatic N) is 3. The van der Waals surface area contributed by atoms with Crippen molar-refractivity contribution in [2.75, 3.05) is 63.3 Å². The Morgan fingerprint density at radius 1 is 1.00 bits per heavy atom. The molecule has 0 bridgehead atoms. The summed E-state index contributed by atoms with van der Waals surface area (Å²) in [5.74, 6) is -0.290. The molecule has 3 amide bonds. The van der Waals surface area contributed by atoms with E-state index in [1.807, 2.05) is 42.5 Å². The first kappa shape index (κ1) is 29.8. The van der Waals surface area contributed by atoms with Crippen LogP contribution in [0.1, 0.15) is 18.5 Å². The maximum Gasteiger partial charge on any atom is 0.265 e. The molecule has 0 spiro atoms. The highest BCUT2D eigenvalue weighted by molar-refractivity contribution is 6.42. The lowest BCUT2D eigenvalue weighted by atomic mass is 9.98. The Kier molecular flexibility index (Phi) is 9.33. The van der Waals surface area contributed by atoms with Gasteiger partial charge in [0.15, 0.2) is 6.61 Å². The zero-order valence-electron chi connectivity index (χ0n) is 23.4. The maximum absolute atomic E-state index is 13.8. The molecule has 11 heteroatoms. The van der Waals surface area contributed by atoms with Crippen LogP contribution < -0.4 is 15.0 Å². The molecular formula is C31H32Cl2N4O5. The van der Waals surface area contributed by atoms with Crippen molar-refractivity contribution in [3.8, 4) is 16.9 Å². The molecule has 220 valence electrons. The molecule has 3 aromatic rings. The first-order chi connectivity index (χ1) is 20.2. The lowest BCUT2D eigenvalue weighted by Crippen LogP contribution is -2.48. The van der Waals surface area contributed by atoms with Crippen LogP contribution in [0.5, 0.6) is 5.75 Å². The molecule has 1 atom stereocenters. The molecule has 1 saturated heterocycles. The van der Waals surface area contributed by atoms with E-state index in [1.165, 1.54) is 11.8 Å². The van der Waals surface area contributed by atoms with Crippen LogP contribution in [-0.2, 0) is 19.1 Å². The number of carbonyl (C=O) groups excluding carboxylic acids is 3. The van der Waals surface area contributed by atoms with Crippen LogP contribution >= 0.6 is 23.2 Å². The summed E-state index contributed by atoms with van der Waals surface area (Å²) >= 11 is 12.4. The van der Waals surface area contributed by atoms with Crippen LogP contribution in [0, 0.1) is 0 Å². The number of ether oxygens (including phenoxy) is 2. The first-order valence-electron chi connectivity index (χ1n) is 13.7. The average molecular weight is 612 g/mol. The van der Waals surface area contributed by atoms with Gasteiger partial charge in [-0.15, -0.1) is 0 Å². The Bertz CT molecular complexity index is 1480. The predicted molar refractivity (Wildman–Crippen MR) is 163 cm³/mol. The minimum atomic E-state index is -0.336. The fraction of sp³-hybridized carbons (Fsp3) is 0.323. The molecule has 0 aromatic heterocycles. The van der Waals surface area contributed by atoms with Gasteiger partial charge in [0.05, 0.1) is 35.0 Å². The average Bonchev–Trinajstić information content (AvgIpc) is 2.98. The monoisotopic (exact) mass is 610 g/mol. The molecule has 1 fully saturated rings. The van der Waals surface area contributed by atoms with Gasteiger partial charge in [0.1, 0.15) is 12.3 Å². The van der Waals surface area contributed by atoms with E-state index in [1.54, 1.807) is 24.1 Å². The second-order valence-corrected chi connectivity index (χ2v) is 11.1. The summed E-state index contributed by atoms with van der Waals surface area (Å²) in [5.41, 5.74) is 4.07. The number of benzene rings is 3. The third-order valence-electron chi connectivity index (χ3n) is 7.44. The number of hydrogen-bond donors (Lipinski definition) is 1. The van der Waals surface area contributed by atoms with Crippen molar-refractivity contribution in [1.82, 2.24) is 9.80 Å². The van der Waals surface area contributed by atoms with Crippen molar-refractivity contribution < 1.29 is 23.9 Å². The highest BCUT2D eigenvalue weighted by Crippen LogP contribution is 2.39. The van der Waals surface area contributed by atoms with E-state index in [4.69, 9.17) is 32.7 Å². The normalized spacial score (nSPS) is 15.9. The lowest BCUT2D eigenvalue weighted by molar-refractivity contribution is -0.133. The Labute approximate surface area is 254 Å². The van der Waals surface area contributed by atoms with Crippen molar-refractivity contribution >= 4 is 52.3 Å². The number of halogens is 2. The number of anilines is 2. The number of nitrogens with one attached hydrogen (secondary N) is 1.